The average molecular weight is 279 g/mol. The lowest BCUT2D eigenvalue weighted by Crippen LogP contribution is -2.23. The Labute approximate surface area is 118 Å². The second kappa shape index (κ2) is 6.77. The molecule has 5 nitrogen and oxygen atoms in total. The maximum absolute atomic E-state index is 4.26. The first-order chi connectivity index (χ1) is 9.24. The Hall–Kier alpha value is -1.27. The molecule has 2 rings (SSSR count). The van der Waals surface area contributed by atoms with E-state index in [1.54, 1.807) is 0 Å². The normalized spacial score (nSPS) is 12.8. The van der Waals surface area contributed by atoms with Crippen molar-refractivity contribution in [1.29, 1.82) is 0 Å². The minimum absolute atomic E-state index is 0.288. The first-order valence-corrected chi connectivity index (χ1v) is 7.54. The van der Waals surface area contributed by atoms with Gasteiger partial charge < -0.3 is 5.32 Å². The molecule has 2 heterocycles. The third-order valence-corrected chi connectivity index (χ3v) is 3.92. The molecule has 0 spiro atoms. The maximum atomic E-state index is 4.26. The summed E-state index contributed by atoms with van der Waals surface area (Å²) in [6.45, 7) is 5.24. The number of hydrogen-bond acceptors (Lipinski definition) is 5. The van der Waals surface area contributed by atoms with E-state index in [1.807, 2.05) is 17.9 Å². The number of nitrogens with zero attached hydrogens (tertiary/aromatic N) is 4. The van der Waals surface area contributed by atoms with Gasteiger partial charge in [0.25, 0.3) is 0 Å². The molecule has 0 aliphatic heterocycles. The van der Waals surface area contributed by atoms with Crippen molar-refractivity contribution in [2.24, 2.45) is 7.05 Å². The Balaban J connectivity index is 2.16. The lowest BCUT2D eigenvalue weighted by molar-refractivity contribution is 0.551. The Morgan fingerprint density at radius 2 is 2.26 bits per heavy atom. The van der Waals surface area contributed by atoms with Crippen molar-refractivity contribution < 1.29 is 0 Å². The van der Waals surface area contributed by atoms with Crippen LogP contribution in [0.1, 0.15) is 42.4 Å². The smallest absolute Gasteiger partial charge is 0.0803 e. The van der Waals surface area contributed by atoms with Crippen LogP contribution in [0.15, 0.2) is 12.4 Å². The Kier molecular flexibility index (Phi) is 5.04. The highest BCUT2D eigenvalue weighted by molar-refractivity contribution is 7.05. The van der Waals surface area contributed by atoms with E-state index in [0.29, 0.717) is 0 Å². The van der Waals surface area contributed by atoms with Crippen LogP contribution in [-0.2, 0) is 19.9 Å². The SMILES string of the molecule is CCCc1nnsc1C(Cc1cnn(C)c1)NCC. The summed E-state index contributed by atoms with van der Waals surface area (Å²) in [7, 11) is 1.95. The van der Waals surface area contributed by atoms with Crippen molar-refractivity contribution in [3.05, 3.63) is 28.5 Å². The van der Waals surface area contributed by atoms with E-state index in [2.05, 4.69) is 40.0 Å². The second-order valence-electron chi connectivity index (χ2n) is 4.67. The van der Waals surface area contributed by atoms with E-state index in [1.165, 1.54) is 22.0 Å². The zero-order valence-corrected chi connectivity index (χ0v) is 12.6. The molecule has 0 radical (unpaired) electrons. The number of aromatic nitrogens is 4. The van der Waals surface area contributed by atoms with E-state index in [-0.39, 0.29) is 6.04 Å². The average Bonchev–Trinajstić information content (AvgIpc) is 2.99. The standard InChI is InChI=1S/C13H21N5S/c1-4-6-11-13(19-17-16-11)12(14-5-2)7-10-8-15-18(3)9-10/h8-9,12,14H,4-7H2,1-3H3. The molecule has 0 saturated heterocycles. The van der Waals surface area contributed by atoms with Crippen molar-refractivity contribution in [2.45, 2.75) is 39.2 Å². The first-order valence-electron chi connectivity index (χ1n) is 6.76. The Morgan fingerprint density at radius 1 is 1.42 bits per heavy atom. The zero-order chi connectivity index (χ0) is 13.7. The number of rotatable bonds is 7. The van der Waals surface area contributed by atoms with E-state index in [9.17, 15) is 0 Å². The highest BCUT2D eigenvalue weighted by Gasteiger charge is 2.19. The molecule has 0 aliphatic rings. The molecule has 6 heteroatoms. The third-order valence-electron chi connectivity index (χ3n) is 3.04. The van der Waals surface area contributed by atoms with Gasteiger partial charge in [-0.05, 0) is 36.5 Å². The Morgan fingerprint density at radius 3 is 2.89 bits per heavy atom. The van der Waals surface area contributed by atoms with Crippen molar-refractivity contribution in [3.63, 3.8) is 0 Å². The molecular weight excluding hydrogens is 258 g/mol. The summed E-state index contributed by atoms with van der Waals surface area (Å²) in [5.74, 6) is 0. The molecule has 0 saturated carbocycles. The van der Waals surface area contributed by atoms with Gasteiger partial charge >= 0.3 is 0 Å². The van der Waals surface area contributed by atoms with Gasteiger partial charge in [0.2, 0.25) is 0 Å². The summed E-state index contributed by atoms with van der Waals surface area (Å²) in [6, 6.07) is 0.288. The van der Waals surface area contributed by atoms with Gasteiger partial charge in [0, 0.05) is 19.3 Å². The molecule has 1 N–H and O–H groups in total. The van der Waals surface area contributed by atoms with Crippen LogP contribution in [0.5, 0.6) is 0 Å². The van der Waals surface area contributed by atoms with Crippen LogP contribution in [0, 0.1) is 0 Å². The van der Waals surface area contributed by atoms with Crippen LogP contribution < -0.4 is 5.32 Å². The van der Waals surface area contributed by atoms with E-state index < -0.39 is 0 Å². The number of likely N-dealkylation sites (N-methyl/N-ethyl adjacent to an activating group) is 1. The van der Waals surface area contributed by atoms with Crippen molar-refractivity contribution in [2.75, 3.05) is 6.54 Å². The predicted octanol–water partition coefficient (Wildman–Crippen LogP) is 2.12. The molecule has 1 atom stereocenters. The molecule has 0 amide bonds. The highest BCUT2D eigenvalue weighted by atomic mass is 32.1. The second-order valence-corrected chi connectivity index (χ2v) is 5.46. The quantitative estimate of drug-likeness (QED) is 0.843. The van der Waals surface area contributed by atoms with Gasteiger partial charge in [0.05, 0.1) is 16.8 Å². The molecule has 0 aromatic carbocycles. The topological polar surface area (TPSA) is 55.6 Å². The Bertz CT molecular complexity index is 505. The lowest BCUT2D eigenvalue weighted by Gasteiger charge is -2.16. The van der Waals surface area contributed by atoms with Crippen molar-refractivity contribution in [3.8, 4) is 0 Å². The molecule has 19 heavy (non-hydrogen) atoms. The molecule has 1 unspecified atom stereocenters. The maximum Gasteiger partial charge on any atom is 0.0803 e. The summed E-state index contributed by atoms with van der Waals surface area (Å²) in [4.78, 5) is 1.27. The van der Waals surface area contributed by atoms with E-state index in [4.69, 9.17) is 0 Å². The van der Waals surface area contributed by atoms with Gasteiger partial charge in [-0.3, -0.25) is 4.68 Å². The number of nitrogens with one attached hydrogen (secondary N) is 1. The van der Waals surface area contributed by atoms with Crippen LogP contribution in [0.4, 0.5) is 0 Å². The molecule has 0 aliphatic carbocycles. The van der Waals surface area contributed by atoms with Gasteiger partial charge in [-0.25, -0.2) is 0 Å². The van der Waals surface area contributed by atoms with Gasteiger partial charge in [0.15, 0.2) is 0 Å². The fourth-order valence-electron chi connectivity index (χ4n) is 2.21. The van der Waals surface area contributed by atoms with Crippen molar-refractivity contribution >= 4 is 11.5 Å². The summed E-state index contributed by atoms with van der Waals surface area (Å²) < 4.78 is 5.97. The van der Waals surface area contributed by atoms with Crippen LogP contribution in [-0.4, -0.2) is 25.9 Å². The van der Waals surface area contributed by atoms with Crippen LogP contribution in [0.3, 0.4) is 0 Å². The number of hydrogen-bond donors (Lipinski definition) is 1. The molecular formula is C13H21N5S. The highest BCUT2D eigenvalue weighted by Crippen LogP contribution is 2.24. The molecule has 2 aromatic heterocycles. The fraction of sp³-hybridized carbons (Fsp3) is 0.615. The monoisotopic (exact) mass is 279 g/mol. The number of aryl methyl sites for hydroxylation is 2. The third kappa shape index (κ3) is 3.61. The summed E-state index contributed by atoms with van der Waals surface area (Å²) in [5, 5.41) is 12.0. The molecule has 104 valence electrons. The zero-order valence-electron chi connectivity index (χ0n) is 11.8. The van der Waals surface area contributed by atoms with Gasteiger partial charge in [-0.2, -0.15) is 5.10 Å². The van der Waals surface area contributed by atoms with Crippen molar-refractivity contribution in [1.82, 2.24) is 24.7 Å². The van der Waals surface area contributed by atoms with Gasteiger partial charge in [-0.1, -0.05) is 24.8 Å². The van der Waals surface area contributed by atoms with Crippen LogP contribution in [0.2, 0.25) is 0 Å². The van der Waals surface area contributed by atoms with Crippen LogP contribution in [0.25, 0.3) is 0 Å². The lowest BCUT2D eigenvalue weighted by atomic mass is 10.0. The summed E-state index contributed by atoms with van der Waals surface area (Å²) in [6.07, 6.45) is 7.03. The van der Waals surface area contributed by atoms with Crippen LogP contribution >= 0.6 is 11.5 Å². The van der Waals surface area contributed by atoms with Gasteiger partial charge in [0.1, 0.15) is 0 Å². The van der Waals surface area contributed by atoms with E-state index in [0.717, 1.165) is 31.5 Å². The molecule has 0 fully saturated rings. The molecule has 0 bridgehead atoms. The molecule has 2 aromatic rings. The predicted molar refractivity (Wildman–Crippen MR) is 77.2 cm³/mol. The summed E-state index contributed by atoms with van der Waals surface area (Å²) >= 11 is 1.51. The minimum atomic E-state index is 0.288. The van der Waals surface area contributed by atoms with E-state index >= 15 is 0 Å². The summed E-state index contributed by atoms with van der Waals surface area (Å²) in [5.41, 5.74) is 2.38. The van der Waals surface area contributed by atoms with Gasteiger partial charge in [-0.15, -0.1) is 5.10 Å². The fourth-order valence-corrected chi connectivity index (χ4v) is 2.98. The largest absolute Gasteiger partial charge is 0.309 e. The minimum Gasteiger partial charge on any atom is -0.309 e. The first kappa shape index (κ1) is 14.1.